The molecule has 0 aliphatic rings. The highest BCUT2D eigenvalue weighted by Crippen LogP contribution is 2.28. The molecule has 0 unspecified atom stereocenters. The summed E-state index contributed by atoms with van der Waals surface area (Å²) in [6.45, 7) is 4.06. The van der Waals surface area contributed by atoms with Crippen LogP contribution in [0.4, 0.5) is 0 Å². The van der Waals surface area contributed by atoms with Gasteiger partial charge in [0, 0.05) is 0 Å². The Kier molecular flexibility index (Phi) is 5.33. The van der Waals surface area contributed by atoms with Gasteiger partial charge in [0.2, 0.25) is 0 Å². The minimum absolute atomic E-state index is 0.604. The number of hydrogen-bond donors (Lipinski definition) is 0. The number of methoxy groups -OCH3 is 1. The summed E-state index contributed by atoms with van der Waals surface area (Å²) < 4.78 is 5.35. The first-order valence-electron chi connectivity index (χ1n) is 8.61. The molecular weight excluding hydrogens is 320 g/mol. The molecule has 0 radical (unpaired) electrons. The van der Waals surface area contributed by atoms with Crippen molar-refractivity contribution in [1.82, 2.24) is 0 Å². The van der Waals surface area contributed by atoms with Crippen molar-refractivity contribution in [2.24, 2.45) is 0 Å². The van der Waals surface area contributed by atoms with E-state index in [9.17, 15) is 4.79 Å². The van der Waals surface area contributed by atoms with Crippen LogP contribution in [0.5, 0.6) is 5.75 Å². The average molecular weight is 342 g/mol. The second kappa shape index (κ2) is 7.83. The van der Waals surface area contributed by atoms with Crippen molar-refractivity contribution >= 4 is 18.4 Å². The van der Waals surface area contributed by atoms with E-state index in [1.807, 2.05) is 25.1 Å². The Morgan fingerprint density at radius 1 is 0.885 bits per heavy atom. The monoisotopic (exact) mass is 342 g/mol. The van der Waals surface area contributed by atoms with Crippen LogP contribution in [0.25, 0.3) is 23.3 Å². The van der Waals surface area contributed by atoms with Crippen LogP contribution in [-0.2, 0) is 0 Å². The van der Waals surface area contributed by atoms with Gasteiger partial charge >= 0.3 is 0 Å². The lowest BCUT2D eigenvalue weighted by Crippen LogP contribution is -1.94. The molecule has 0 aromatic heterocycles. The van der Waals surface area contributed by atoms with Crippen molar-refractivity contribution in [1.29, 1.82) is 0 Å². The summed E-state index contributed by atoms with van der Waals surface area (Å²) in [5, 5.41) is 0. The van der Waals surface area contributed by atoms with Crippen LogP contribution < -0.4 is 4.74 Å². The lowest BCUT2D eigenvalue weighted by Gasteiger charge is -2.10. The summed E-state index contributed by atoms with van der Waals surface area (Å²) in [6.07, 6.45) is 5.01. The van der Waals surface area contributed by atoms with E-state index in [-0.39, 0.29) is 0 Å². The van der Waals surface area contributed by atoms with Crippen LogP contribution in [0.15, 0.2) is 60.7 Å². The molecule has 3 rings (SSSR count). The smallest absolute Gasteiger partial charge is 0.154 e. The fourth-order valence-corrected chi connectivity index (χ4v) is 3.16. The molecule has 0 N–H and O–H groups in total. The topological polar surface area (TPSA) is 26.3 Å². The molecule has 2 heteroatoms. The standard InChI is InChI=1S/C24H22O2/c1-17-14-19(15-24(26-3)23(17)16-25)12-13-20-10-7-11-22(18(20)2)21-8-5-4-6-9-21/h4-16H,1-3H3/b13-12+. The summed E-state index contributed by atoms with van der Waals surface area (Å²) >= 11 is 0. The van der Waals surface area contributed by atoms with Crippen molar-refractivity contribution in [3.05, 3.63) is 88.5 Å². The van der Waals surface area contributed by atoms with Gasteiger partial charge in [0.25, 0.3) is 0 Å². The number of rotatable bonds is 5. The van der Waals surface area contributed by atoms with Gasteiger partial charge in [-0.2, -0.15) is 0 Å². The fraction of sp³-hybridized carbons (Fsp3) is 0.125. The number of carbonyl (C=O) groups excluding carboxylic acids is 1. The molecule has 0 amide bonds. The van der Waals surface area contributed by atoms with Crippen molar-refractivity contribution in [3.63, 3.8) is 0 Å². The summed E-state index contributed by atoms with van der Waals surface area (Å²) in [5.74, 6) is 0.606. The van der Waals surface area contributed by atoms with E-state index < -0.39 is 0 Å². The van der Waals surface area contributed by atoms with Gasteiger partial charge in [-0.3, -0.25) is 4.79 Å². The first kappa shape index (κ1) is 17.7. The predicted molar refractivity (Wildman–Crippen MR) is 109 cm³/mol. The molecule has 0 saturated heterocycles. The molecule has 0 fully saturated rings. The Morgan fingerprint density at radius 2 is 1.65 bits per heavy atom. The largest absolute Gasteiger partial charge is 0.496 e. The summed E-state index contributed by atoms with van der Waals surface area (Å²) in [7, 11) is 1.59. The molecule has 3 aromatic carbocycles. The lowest BCUT2D eigenvalue weighted by molar-refractivity contribution is 0.112. The zero-order chi connectivity index (χ0) is 18.5. The minimum atomic E-state index is 0.604. The van der Waals surface area contributed by atoms with Gasteiger partial charge in [-0.1, -0.05) is 66.7 Å². The van der Waals surface area contributed by atoms with Crippen LogP contribution >= 0.6 is 0 Å². The summed E-state index contributed by atoms with van der Waals surface area (Å²) in [4.78, 5) is 11.2. The maximum absolute atomic E-state index is 11.2. The van der Waals surface area contributed by atoms with Crippen LogP contribution in [0.2, 0.25) is 0 Å². The minimum Gasteiger partial charge on any atom is -0.496 e. The van der Waals surface area contributed by atoms with E-state index in [2.05, 4.69) is 61.5 Å². The zero-order valence-corrected chi connectivity index (χ0v) is 15.3. The number of aldehydes is 1. The maximum Gasteiger partial charge on any atom is 0.154 e. The molecule has 2 nitrogen and oxygen atoms in total. The zero-order valence-electron chi connectivity index (χ0n) is 15.3. The van der Waals surface area contributed by atoms with Crippen molar-refractivity contribution in [2.75, 3.05) is 7.11 Å². The van der Waals surface area contributed by atoms with Crippen LogP contribution in [0.3, 0.4) is 0 Å². The number of carbonyl (C=O) groups is 1. The van der Waals surface area contributed by atoms with Gasteiger partial charge in [-0.25, -0.2) is 0 Å². The van der Waals surface area contributed by atoms with E-state index in [1.165, 1.54) is 22.3 Å². The first-order valence-corrected chi connectivity index (χ1v) is 8.61. The predicted octanol–water partition coefficient (Wildman–Crippen LogP) is 5.96. The van der Waals surface area contributed by atoms with Crippen molar-refractivity contribution in [2.45, 2.75) is 13.8 Å². The van der Waals surface area contributed by atoms with E-state index >= 15 is 0 Å². The van der Waals surface area contributed by atoms with E-state index in [0.29, 0.717) is 11.3 Å². The van der Waals surface area contributed by atoms with Crippen LogP contribution in [-0.4, -0.2) is 13.4 Å². The Hall–Kier alpha value is -3.13. The number of ether oxygens (including phenoxy) is 1. The molecule has 0 aliphatic heterocycles. The lowest BCUT2D eigenvalue weighted by atomic mass is 9.96. The number of hydrogen-bond acceptors (Lipinski definition) is 2. The average Bonchev–Trinajstić information content (AvgIpc) is 2.67. The molecule has 26 heavy (non-hydrogen) atoms. The highest BCUT2D eigenvalue weighted by molar-refractivity contribution is 5.84. The van der Waals surface area contributed by atoms with Gasteiger partial charge in [0.05, 0.1) is 12.7 Å². The first-order chi connectivity index (χ1) is 12.6. The van der Waals surface area contributed by atoms with Crippen LogP contribution in [0.1, 0.15) is 32.6 Å². The Labute approximate surface area is 154 Å². The molecule has 130 valence electrons. The Balaban J connectivity index is 1.97. The van der Waals surface area contributed by atoms with Crippen molar-refractivity contribution in [3.8, 4) is 16.9 Å². The van der Waals surface area contributed by atoms with Gasteiger partial charge in [-0.15, -0.1) is 0 Å². The Bertz CT molecular complexity index is 953. The quantitative estimate of drug-likeness (QED) is 0.422. The maximum atomic E-state index is 11.2. The molecule has 3 aromatic rings. The van der Waals surface area contributed by atoms with Gasteiger partial charge in [0.15, 0.2) is 6.29 Å². The number of benzene rings is 3. The Morgan fingerprint density at radius 3 is 2.35 bits per heavy atom. The molecule has 0 aliphatic carbocycles. The molecule has 0 heterocycles. The molecular formula is C24H22O2. The SMILES string of the molecule is COc1cc(/C=C/c2cccc(-c3ccccc3)c2C)cc(C)c1C=O. The second-order valence-electron chi connectivity index (χ2n) is 6.29. The van der Waals surface area contributed by atoms with Crippen LogP contribution in [0, 0.1) is 13.8 Å². The molecule has 0 atom stereocenters. The number of aryl methyl sites for hydroxylation is 1. The molecule has 0 spiro atoms. The third-order valence-electron chi connectivity index (χ3n) is 4.62. The molecule has 0 saturated carbocycles. The second-order valence-corrected chi connectivity index (χ2v) is 6.29. The highest BCUT2D eigenvalue weighted by Gasteiger charge is 2.07. The van der Waals surface area contributed by atoms with E-state index in [0.717, 1.165) is 17.4 Å². The summed E-state index contributed by atoms with van der Waals surface area (Å²) in [6, 6.07) is 20.6. The normalized spacial score (nSPS) is 10.9. The van der Waals surface area contributed by atoms with Gasteiger partial charge in [0.1, 0.15) is 5.75 Å². The third kappa shape index (κ3) is 3.60. The summed E-state index contributed by atoms with van der Waals surface area (Å²) in [5.41, 5.74) is 7.38. The van der Waals surface area contributed by atoms with Crippen molar-refractivity contribution < 1.29 is 9.53 Å². The highest BCUT2D eigenvalue weighted by atomic mass is 16.5. The molecule has 0 bridgehead atoms. The van der Waals surface area contributed by atoms with E-state index in [1.54, 1.807) is 7.11 Å². The van der Waals surface area contributed by atoms with Gasteiger partial charge in [-0.05, 0) is 53.3 Å². The van der Waals surface area contributed by atoms with Gasteiger partial charge < -0.3 is 4.74 Å². The van der Waals surface area contributed by atoms with E-state index in [4.69, 9.17) is 4.74 Å². The fourth-order valence-electron chi connectivity index (χ4n) is 3.16. The third-order valence-corrected chi connectivity index (χ3v) is 4.62.